The zero-order valence-corrected chi connectivity index (χ0v) is 16.7. The minimum atomic E-state index is -1.15. The average Bonchev–Trinajstić information content (AvgIpc) is 2.60. The average molecular weight is 421 g/mol. The van der Waals surface area contributed by atoms with Crippen molar-refractivity contribution >= 4 is 21.9 Å². The van der Waals surface area contributed by atoms with Gasteiger partial charge >= 0.3 is 5.97 Å². The lowest BCUT2D eigenvalue weighted by molar-refractivity contribution is -0.145. The summed E-state index contributed by atoms with van der Waals surface area (Å²) in [4.78, 5) is 11.8. The maximum atomic E-state index is 11.8. The Kier molecular flexibility index (Phi) is 7.23. The number of hydrogen-bond acceptors (Lipinski definition) is 3. The molecular weight excluding hydrogens is 396 g/mol. The van der Waals surface area contributed by atoms with Crippen LogP contribution in [0.5, 0.6) is 5.75 Å². The third-order valence-electron chi connectivity index (χ3n) is 4.34. The quantitative estimate of drug-likeness (QED) is 0.566. The molecule has 0 spiro atoms. The Balaban J connectivity index is 2.43. The number of para-hydroxylation sites is 1. The van der Waals surface area contributed by atoms with Crippen molar-refractivity contribution in [2.75, 3.05) is 0 Å². The molecule has 2 aromatic rings. The molecule has 140 valence electrons. The summed E-state index contributed by atoms with van der Waals surface area (Å²) in [5, 5.41) is 20.9. The highest BCUT2D eigenvalue weighted by Gasteiger charge is 2.32. The smallest absolute Gasteiger partial charge is 0.349 e. The van der Waals surface area contributed by atoms with Crippen molar-refractivity contribution in [2.24, 2.45) is 0 Å². The van der Waals surface area contributed by atoms with Gasteiger partial charge in [-0.3, -0.25) is 0 Å². The largest absolute Gasteiger partial charge is 0.478 e. The van der Waals surface area contributed by atoms with Gasteiger partial charge in [-0.2, -0.15) is 0 Å². The molecule has 0 aliphatic heterocycles. The molecule has 0 bridgehead atoms. The van der Waals surface area contributed by atoms with Gasteiger partial charge < -0.3 is 14.9 Å². The van der Waals surface area contributed by atoms with Crippen molar-refractivity contribution in [3.05, 3.63) is 64.1 Å². The summed E-state index contributed by atoms with van der Waals surface area (Å²) >= 11 is 3.36. The van der Waals surface area contributed by atoms with Gasteiger partial charge in [0.25, 0.3) is 0 Å². The summed E-state index contributed by atoms with van der Waals surface area (Å²) in [7, 11) is 0. The third-order valence-corrected chi connectivity index (χ3v) is 4.83. The zero-order valence-electron chi connectivity index (χ0n) is 15.1. The minimum absolute atomic E-state index is 0.407. The molecule has 26 heavy (non-hydrogen) atoms. The van der Waals surface area contributed by atoms with Gasteiger partial charge in [0.1, 0.15) is 5.75 Å². The van der Waals surface area contributed by atoms with Crippen LogP contribution in [-0.2, 0) is 10.4 Å². The number of rotatable bonds is 9. The summed E-state index contributed by atoms with van der Waals surface area (Å²) < 4.78 is 6.69. The second-order valence-corrected chi connectivity index (χ2v) is 7.33. The molecule has 0 aliphatic carbocycles. The maximum Gasteiger partial charge on any atom is 0.349 e. The van der Waals surface area contributed by atoms with Crippen LogP contribution in [0.2, 0.25) is 0 Å². The van der Waals surface area contributed by atoms with Gasteiger partial charge in [0.15, 0.2) is 0 Å². The highest BCUT2D eigenvalue weighted by atomic mass is 79.9. The molecule has 0 radical (unpaired) electrons. The van der Waals surface area contributed by atoms with Crippen LogP contribution in [0.3, 0.4) is 0 Å². The lowest BCUT2D eigenvalue weighted by atomic mass is 9.84. The number of carboxylic acid groups (broad SMARTS) is 1. The fraction of sp³-hybridized carbons (Fsp3) is 0.381. The first-order valence-electron chi connectivity index (χ1n) is 8.88. The van der Waals surface area contributed by atoms with E-state index < -0.39 is 17.7 Å². The Morgan fingerprint density at radius 2 is 1.77 bits per heavy atom. The first-order valence-corrected chi connectivity index (χ1v) is 9.67. The molecule has 0 fully saturated rings. The molecular formula is C21H25BrO4. The number of ether oxygens (including phenoxy) is 1. The number of aliphatic hydroxyl groups is 1. The van der Waals surface area contributed by atoms with Crippen molar-refractivity contribution in [2.45, 2.75) is 51.2 Å². The van der Waals surface area contributed by atoms with Crippen molar-refractivity contribution in [1.29, 1.82) is 0 Å². The summed E-state index contributed by atoms with van der Waals surface area (Å²) in [6, 6.07) is 14.2. The van der Waals surface area contributed by atoms with Gasteiger partial charge in [-0.25, -0.2) is 4.79 Å². The van der Waals surface area contributed by atoms with E-state index in [0.717, 1.165) is 17.3 Å². The lowest BCUT2D eigenvalue weighted by Crippen LogP contribution is -2.27. The molecule has 2 rings (SSSR count). The Hall–Kier alpha value is -1.85. The van der Waals surface area contributed by atoms with Crippen LogP contribution in [0.1, 0.15) is 56.8 Å². The van der Waals surface area contributed by atoms with Gasteiger partial charge in [0.2, 0.25) is 6.10 Å². The van der Waals surface area contributed by atoms with Crippen LogP contribution in [0, 0.1) is 0 Å². The molecule has 2 aromatic carbocycles. The van der Waals surface area contributed by atoms with Gasteiger partial charge in [0, 0.05) is 15.6 Å². The van der Waals surface area contributed by atoms with Crippen LogP contribution < -0.4 is 4.74 Å². The van der Waals surface area contributed by atoms with Crippen LogP contribution in [-0.4, -0.2) is 16.2 Å². The molecule has 0 saturated carbocycles. The number of carbonyl (C=O) groups is 1. The van der Waals surface area contributed by atoms with Crippen LogP contribution in [0.15, 0.2) is 53.0 Å². The number of halogens is 1. The minimum Gasteiger partial charge on any atom is -0.478 e. The van der Waals surface area contributed by atoms with E-state index in [1.807, 2.05) is 32.0 Å². The topological polar surface area (TPSA) is 66.8 Å². The zero-order chi connectivity index (χ0) is 19.2. The standard InChI is InChI=1S/C21H25BrO4/c1-3-12-21(25,13-4-2)17-10-5-6-11-18(17)26-19(20(23)24)15-8-7-9-16(22)14-15/h5-11,14,19,25H,3-4,12-13H2,1-2H3,(H,23,24). The van der Waals surface area contributed by atoms with Crippen molar-refractivity contribution < 1.29 is 19.7 Å². The van der Waals surface area contributed by atoms with E-state index in [4.69, 9.17) is 4.74 Å². The molecule has 4 nitrogen and oxygen atoms in total. The molecule has 0 saturated heterocycles. The monoisotopic (exact) mass is 420 g/mol. The molecule has 5 heteroatoms. The van der Waals surface area contributed by atoms with Crippen LogP contribution in [0.4, 0.5) is 0 Å². The fourth-order valence-corrected chi connectivity index (χ4v) is 3.65. The van der Waals surface area contributed by atoms with E-state index in [1.54, 1.807) is 30.3 Å². The lowest BCUT2D eigenvalue weighted by Gasteiger charge is -2.30. The fourth-order valence-electron chi connectivity index (χ4n) is 3.23. The molecule has 0 heterocycles. The van der Waals surface area contributed by atoms with Gasteiger partial charge in [-0.15, -0.1) is 0 Å². The van der Waals surface area contributed by atoms with Gasteiger partial charge in [-0.05, 0) is 31.0 Å². The second-order valence-electron chi connectivity index (χ2n) is 6.42. The van der Waals surface area contributed by atoms with Crippen LogP contribution >= 0.6 is 15.9 Å². The summed E-state index contributed by atoms with van der Waals surface area (Å²) in [6.45, 7) is 4.04. The number of hydrogen-bond donors (Lipinski definition) is 2. The van der Waals surface area contributed by atoms with Gasteiger partial charge in [0.05, 0.1) is 5.60 Å². The highest BCUT2D eigenvalue weighted by Crippen LogP contribution is 2.39. The Bertz CT molecular complexity index is 738. The molecule has 1 unspecified atom stereocenters. The first-order chi connectivity index (χ1) is 12.4. The second kappa shape index (κ2) is 9.19. The third kappa shape index (κ3) is 4.86. The first kappa shape index (κ1) is 20.5. The van der Waals surface area contributed by atoms with Gasteiger partial charge in [-0.1, -0.05) is 73.0 Å². The number of carboxylic acids is 1. The van der Waals surface area contributed by atoms with E-state index >= 15 is 0 Å². The molecule has 0 aromatic heterocycles. The SMILES string of the molecule is CCCC(O)(CCC)c1ccccc1OC(C(=O)O)c1cccc(Br)c1. The molecule has 0 aliphatic rings. The number of aliphatic carboxylic acids is 1. The van der Waals surface area contributed by atoms with E-state index in [-0.39, 0.29) is 0 Å². The summed E-state index contributed by atoms with van der Waals surface area (Å²) in [5.41, 5.74) is 0.154. The predicted molar refractivity (Wildman–Crippen MR) is 105 cm³/mol. The Morgan fingerprint density at radius 1 is 1.12 bits per heavy atom. The van der Waals surface area contributed by atoms with Crippen molar-refractivity contribution in [1.82, 2.24) is 0 Å². The Labute approximate surface area is 163 Å². The van der Waals surface area contributed by atoms with Crippen molar-refractivity contribution in [3.8, 4) is 5.75 Å². The van der Waals surface area contributed by atoms with E-state index in [1.165, 1.54) is 0 Å². The van der Waals surface area contributed by atoms with E-state index in [0.29, 0.717) is 29.7 Å². The maximum absolute atomic E-state index is 11.8. The normalized spacial score (nSPS) is 12.6. The Morgan fingerprint density at radius 3 is 2.35 bits per heavy atom. The summed E-state index contributed by atoms with van der Waals surface area (Å²) in [5.74, 6) is -0.670. The number of benzene rings is 2. The van der Waals surface area contributed by atoms with E-state index in [9.17, 15) is 15.0 Å². The molecule has 0 amide bonds. The summed E-state index contributed by atoms with van der Waals surface area (Å²) in [6.07, 6.45) is 1.67. The van der Waals surface area contributed by atoms with E-state index in [2.05, 4.69) is 15.9 Å². The highest BCUT2D eigenvalue weighted by molar-refractivity contribution is 9.10. The van der Waals surface area contributed by atoms with Crippen molar-refractivity contribution in [3.63, 3.8) is 0 Å². The van der Waals surface area contributed by atoms with Crippen LogP contribution in [0.25, 0.3) is 0 Å². The molecule has 2 N–H and O–H groups in total. The molecule has 1 atom stereocenters. The predicted octanol–water partition coefficient (Wildman–Crippen LogP) is 5.44.